The predicted molar refractivity (Wildman–Crippen MR) is 159 cm³/mol. The highest BCUT2D eigenvalue weighted by atomic mass is 32.2. The summed E-state index contributed by atoms with van der Waals surface area (Å²) in [6.07, 6.45) is 0.797. The minimum absolute atomic E-state index is 0.0405. The van der Waals surface area contributed by atoms with Gasteiger partial charge in [0.1, 0.15) is 11.3 Å². The molecule has 2 aliphatic rings. The number of ether oxygens (including phenoxy) is 2. The molecule has 1 N–H and O–H groups in total. The van der Waals surface area contributed by atoms with Crippen LogP contribution in [-0.4, -0.2) is 128 Å². The van der Waals surface area contributed by atoms with E-state index in [1.807, 2.05) is 4.90 Å². The van der Waals surface area contributed by atoms with Crippen molar-refractivity contribution in [3.05, 3.63) is 24.0 Å². The van der Waals surface area contributed by atoms with Gasteiger partial charge in [-0.3, -0.25) is 4.57 Å². The van der Waals surface area contributed by atoms with Gasteiger partial charge in [0.25, 0.3) is 6.43 Å². The summed E-state index contributed by atoms with van der Waals surface area (Å²) >= 11 is 0. The number of nitrogens with zero attached hydrogens (tertiary/aromatic N) is 8. The number of benzene rings is 1. The van der Waals surface area contributed by atoms with Gasteiger partial charge in [-0.15, -0.1) is 0 Å². The zero-order valence-corrected chi connectivity index (χ0v) is 25.9. The molecule has 0 aliphatic carbocycles. The summed E-state index contributed by atoms with van der Waals surface area (Å²) in [6.45, 7) is 4.62. The second kappa shape index (κ2) is 12.8. The fourth-order valence-electron chi connectivity index (χ4n) is 5.79. The first-order valence-corrected chi connectivity index (χ1v) is 16.3. The molecule has 0 spiro atoms. The quantitative estimate of drug-likeness (QED) is 0.251. The molecule has 0 bridgehead atoms. The molecule has 2 saturated heterocycles. The number of methoxy groups -OCH3 is 1. The van der Waals surface area contributed by atoms with Gasteiger partial charge < -0.3 is 24.2 Å². The normalized spacial score (nSPS) is 17.6. The number of aromatic nitrogens is 5. The topological polar surface area (TPSA) is 128 Å². The first-order chi connectivity index (χ1) is 20.5. The molecule has 2 aromatic heterocycles. The fraction of sp³-hybridized carbons (Fsp3) is 0.630. The number of hydrogen-bond donors (Lipinski definition) is 1. The van der Waals surface area contributed by atoms with Crippen molar-refractivity contribution >= 4 is 33.0 Å². The van der Waals surface area contributed by atoms with Crippen LogP contribution >= 0.6 is 0 Å². The lowest BCUT2D eigenvalue weighted by Crippen LogP contribution is -2.54. The number of morpholine rings is 1. The Morgan fingerprint density at radius 1 is 1.07 bits per heavy atom. The van der Waals surface area contributed by atoms with Gasteiger partial charge in [0.15, 0.2) is 5.82 Å². The molecule has 4 heterocycles. The second-order valence-corrected chi connectivity index (χ2v) is 13.5. The van der Waals surface area contributed by atoms with Gasteiger partial charge in [-0.05, 0) is 12.1 Å². The van der Waals surface area contributed by atoms with E-state index >= 15 is 0 Å². The molecule has 1 aromatic carbocycles. The molecule has 0 saturated carbocycles. The lowest BCUT2D eigenvalue weighted by atomic mass is 10.0. The lowest BCUT2D eigenvalue weighted by Gasteiger charge is -2.42. The van der Waals surface area contributed by atoms with Crippen molar-refractivity contribution in [2.45, 2.75) is 31.7 Å². The number of alkyl halides is 2. The van der Waals surface area contributed by atoms with E-state index in [-0.39, 0.29) is 11.9 Å². The Labute approximate surface area is 250 Å². The second-order valence-electron chi connectivity index (χ2n) is 11.5. The zero-order valence-electron chi connectivity index (χ0n) is 25.0. The molecule has 43 heavy (non-hydrogen) atoms. The summed E-state index contributed by atoms with van der Waals surface area (Å²) in [5, 5.41) is 3.28. The standard InChI is InChI=1S/C27H40F2N9O4S/c1-38(2,19-9-12-36(13-10-19)43(4,39)40)16-6-11-30-25-32-26(35-14-17-42-18-15-35)34-27(33-25)37-20-7-5-8-21(41-3)22(20)31-24(37)23(28)29/h5,7-8,19,23H,6,9-18H2,1-4H3,(H,30,32,33,34)/q+1. The van der Waals surface area contributed by atoms with Crippen LogP contribution in [0.25, 0.3) is 17.0 Å². The maximum Gasteiger partial charge on any atom is 0.296 e. The molecule has 2 aliphatic heterocycles. The molecule has 236 valence electrons. The zero-order chi connectivity index (χ0) is 30.8. The molecule has 0 amide bonds. The Morgan fingerprint density at radius 2 is 1.77 bits per heavy atom. The van der Waals surface area contributed by atoms with Crippen molar-refractivity contribution in [1.82, 2.24) is 28.8 Å². The molecule has 0 atom stereocenters. The smallest absolute Gasteiger partial charge is 0.296 e. The number of rotatable bonds is 11. The summed E-state index contributed by atoms with van der Waals surface area (Å²) in [4.78, 5) is 19.9. The Hall–Kier alpha value is -3.21. The summed E-state index contributed by atoms with van der Waals surface area (Å²) in [5.74, 6) is 0.587. The SMILES string of the molecule is COc1cccc2c1nc(C(F)F)n2-c1nc(NCCC[N+](C)(C)C2CCN(S(C)(=O)=O)CC2)nc(N2CCOCC2)n1. The molecule has 3 aromatic rings. The van der Waals surface area contributed by atoms with E-state index < -0.39 is 22.3 Å². The number of sulfonamides is 1. The molecule has 0 unspecified atom stereocenters. The first kappa shape index (κ1) is 31.2. The Kier molecular flexibility index (Phi) is 9.29. The third-order valence-corrected chi connectivity index (χ3v) is 9.57. The van der Waals surface area contributed by atoms with E-state index in [9.17, 15) is 17.2 Å². The number of anilines is 2. The Morgan fingerprint density at radius 3 is 2.42 bits per heavy atom. The highest BCUT2D eigenvalue weighted by Gasteiger charge is 2.34. The monoisotopic (exact) mass is 624 g/mol. The van der Waals surface area contributed by atoms with Crippen LogP contribution in [0.1, 0.15) is 31.5 Å². The average Bonchev–Trinajstić information content (AvgIpc) is 3.40. The van der Waals surface area contributed by atoms with Crippen LogP contribution in [0.4, 0.5) is 20.7 Å². The van der Waals surface area contributed by atoms with Crippen LogP contribution in [-0.2, 0) is 14.8 Å². The number of fused-ring (bicyclic) bond motifs is 1. The van der Waals surface area contributed by atoms with Crippen LogP contribution in [0.2, 0.25) is 0 Å². The minimum Gasteiger partial charge on any atom is -0.494 e. The van der Waals surface area contributed by atoms with Crippen molar-refractivity contribution in [3.8, 4) is 11.7 Å². The molecular weight excluding hydrogens is 584 g/mol. The van der Waals surface area contributed by atoms with Gasteiger partial charge in [0.05, 0.1) is 58.8 Å². The molecule has 5 rings (SSSR count). The van der Waals surface area contributed by atoms with Gasteiger partial charge in [-0.2, -0.15) is 15.0 Å². The van der Waals surface area contributed by atoms with Gasteiger partial charge in [-0.1, -0.05) is 6.07 Å². The Bertz CT molecular complexity index is 1520. The lowest BCUT2D eigenvalue weighted by molar-refractivity contribution is -0.916. The maximum absolute atomic E-state index is 14.3. The van der Waals surface area contributed by atoms with Crippen molar-refractivity contribution in [3.63, 3.8) is 0 Å². The van der Waals surface area contributed by atoms with Gasteiger partial charge in [0.2, 0.25) is 27.9 Å². The molecule has 16 heteroatoms. The van der Waals surface area contributed by atoms with Gasteiger partial charge in [0, 0.05) is 52.0 Å². The minimum atomic E-state index is -3.17. The van der Waals surface area contributed by atoms with Crippen molar-refractivity contribution < 1.29 is 31.2 Å². The summed E-state index contributed by atoms with van der Waals surface area (Å²) in [6, 6.07) is 5.42. The van der Waals surface area contributed by atoms with Gasteiger partial charge in [-0.25, -0.2) is 26.5 Å². The number of piperidine rings is 1. The van der Waals surface area contributed by atoms with E-state index in [4.69, 9.17) is 9.47 Å². The van der Waals surface area contributed by atoms with Crippen molar-refractivity contribution in [2.75, 3.05) is 90.2 Å². The molecular formula is C27H40F2N9O4S+. The van der Waals surface area contributed by atoms with Crippen molar-refractivity contribution in [1.29, 1.82) is 0 Å². The number of hydrogen-bond acceptors (Lipinski definition) is 10. The number of para-hydroxylation sites is 1. The number of nitrogens with one attached hydrogen (secondary N) is 1. The molecule has 0 radical (unpaired) electrons. The first-order valence-electron chi connectivity index (χ1n) is 14.4. The number of imidazole rings is 1. The highest BCUT2D eigenvalue weighted by molar-refractivity contribution is 7.88. The average molecular weight is 625 g/mol. The summed E-state index contributed by atoms with van der Waals surface area (Å²) in [7, 11) is 2.64. The molecule has 2 fully saturated rings. The van der Waals surface area contributed by atoms with E-state index in [2.05, 4.69) is 39.3 Å². The summed E-state index contributed by atoms with van der Waals surface area (Å²) < 4.78 is 66.8. The van der Waals surface area contributed by atoms with E-state index in [1.165, 1.54) is 17.9 Å². The predicted octanol–water partition coefficient (Wildman–Crippen LogP) is 2.30. The third kappa shape index (κ3) is 6.97. The van der Waals surface area contributed by atoms with E-state index in [0.29, 0.717) is 74.7 Å². The summed E-state index contributed by atoms with van der Waals surface area (Å²) in [5.41, 5.74) is 0.700. The van der Waals surface area contributed by atoms with E-state index in [1.54, 1.807) is 22.5 Å². The maximum atomic E-state index is 14.3. The van der Waals surface area contributed by atoms with Crippen LogP contribution in [0.5, 0.6) is 5.75 Å². The van der Waals surface area contributed by atoms with Crippen LogP contribution < -0.4 is 15.0 Å². The largest absolute Gasteiger partial charge is 0.494 e. The highest BCUT2D eigenvalue weighted by Crippen LogP contribution is 2.32. The van der Waals surface area contributed by atoms with E-state index in [0.717, 1.165) is 30.3 Å². The van der Waals surface area contributed by atoms with Crippen LogP contribution in [0, 0.1) is 0 Å². The van der Waals surface area contributed by atoms with Crippen LogP contribution in [0.15, 0.2) is 18.2 Å². The third-order valence-electron chi connectivity index (χ3n) is 8.27. The van der Waals surface area contributed by atoms with Gasteiger partial charge >= 0.3 is 0 Å². The fourth-order valence-corrected chi connectivity index (χ4v) is 6.67. The molecule has 13 nitrogen and oxygen atoms in total. The number of halogens is 2. The Balaban J connectivity index is 1.36. The van der Waals surface area contributed by atoms with Crippen molar-refractivity contribution in [2.24, 2.45) is 0 Å². The number of quaternary nitrogens is 1. The van der Waals surface area contributed by atoms with Crippen LogP contribution in [0.3, 0.4) is 0 Å².